The topological polar surface area (TPSA) is 68.0 Å². The number of nitrogens with zero attached hydrogens (tertiary/aromatic N) is 2. The van der Waals surface area contributed by atoms with Gasteiger partial charge in [0.2, 0.25) is 0 Å². The molecule has 1 saturated heterocycles. The Morgan fingerprint density at radius 3 is 2.92 bits per heavy atom. The number of ether oxygens (including phenoxy) is 2. The van der Waals surface area contributed by atoms with Crippen LogP contribution in [-0.4, -0.2) is 53.9 Å². The molecule has 1 N–H and O–H groups in total. The molecule has 0 spiro atoms. The first-order chi connectivity index (χ1) is 11.9. The minimum absolute atomic E-state index is 0.189. The SMILES string of the molecule is O[C@H]1COCCN(Cc2cc(-c3ccccc3OC(F)(F)F)no2)C1. The second kappa shape index (κ2) is 7.42. The number of aromatic nitrogens is 1. The third-order valence-electron chi connectivity index (χ3n) is 3.66. The van der Waals surface area contributed by atoms with Gasteiger partial charge in [0.15, 0.2) is 5.76 Å². The fourth-order valence-corrected chi connectivity index (χ4v) is 2.63. The van der Waals surface area contributed by atoms with Gasteiger partial charge >= 0.3 is 6.36 Å². The van der Waals surface area contributed by atoms with Crippen molar-refractivity contribution in [2.24, 2.45) is 0 Å². The molecule has 1 fully saturated rings. The Bertz CT molecular complexity index is 705. The van der Waals surface area contributed by atoms with E-state index in [4.69, 9.17) is 9.26 Å². The van der Waals surface area contributed by atoms with Crippen LogP contribution in [0.5, 0.6) is 5.75 Å². The van der Waals surface area contributed by atoms with Crippen molar-refractivity contribution in [3.05, 3.63) is 36.1 Å². The van der Waals surface area contributed by atoms with Crippen LogP contribution in [0.1, 0.15) is 5.76 Å². The highest BCUT2D eigenvalue weighted by molar-refractivity contribution is 5.66. The highest BCUT2D eigenvalue weighted by atomic mass is 19.4. The number of alkyl halides is 3. The number of benzene rings is 1. The standard InChI is InChI=1S/C16H17F3N2O4/c17-16(18,19)24-15-4-2-1-3-13(15)14-7-12(25-20-14)9-21-5-6-23-10-11(22)8-21/h1-4,7,11,22H,5-6,8-10H2/t11-/m1/s1. The molecule has 1 atom stereocenters. The summed E-state index contributed by atoms with van der Waals surface area (Å²) in [7, 11) is 0. The molecular weight excluding hydrogens is 341 g/mol. The quantitative estimate of drug-likeness (QED) is 0.906. The molecule has 2 heterocycles. The first kappa shape index (κ1) is 17.7. The van der Waals surface area contributed by atoms with Crippen molar-refractivity contribution in [1.82, 2.24) is 10.1 Å². The minimum atomic E-state index is -4.79. The molecule has 0 bridgehead atoms. The monoisotopic (exact) mass is 358 g/mol. The zero-order valence-corrected chi connectivity index (χ0v) is 13.2. The van der Waals surface area contributed by atoms with Crippen LogP contribution in [0.3, 0.4) is 0 Å². The Labute approximate surface area is 141 Å². The van der Waals surface area contributed by atoms with E-state index in [0.29, 0.717) is 32.0 Å². The number of para-hydroxylation sites is 1. The summed E-state index contributed by atoms with van der Waals surface area (Å²) < 4.78 is 52.1. The van der Waals surface area contributed by atoms with Gasteiger partial charge < -0.3 is 19.1 Å². The summed E-state index contributed by atoms with van der Waals surface area (Å²) in [5.41, 5.74) is 0.440. The first-order valence-corrected chi connectivity index (χ1v) is 7.69. The molecule has 0 aliphatic carbocycles. The zero-order chi connectivity index (χ0) is 17.9. The maximum Gasteiger partial charge on any atom is 0.573 e. The predicted molar refractivity (Wildman–Crippen MR) is 80.7 cm³/mol. The third-order valence-corrected chi connectivity index (χ3v) is 3.66. The molecule has 0 saturated carbocycles. The Morgan fingerprint density at radius 2 is 2.12 bits per heavy atom. The van der Waals surface area contributed by atoms with E-state index in [-0.39, 0.29) is 23.6 Å². The van der Waals surface area contributed by atoms with Crippen molar-refractivity contribution in [1.29, 1.82) is 0 Å². The Kier molecular flexibility index (Phi) is 5.26. The number of hydrogen-bond acceptors (Lipinski definition) is 6. The molecule has 0 amide bonds. The molecule has 1 aromatic heterocycles. The van der Waals surface area contributed by atoms with Gasteiger partial charge in [-0.25, -0.2) is 0 Å². The lowest BCUT2D eigenvalue weighted by Gasteiger charge is -2.18. The first-order valence-electron chi connectivity index (χ1n) is 7.69. The van der Waals surface area contributed by atoms with Crippen molar-refractivity contribution in [3.8, 4) is 17.0 Å². The normalized spacial score (nSPS) is 19.6. The highest BCUT2D eigenvalue weighted by Crippen LogP contribution is 2.33. The summed E-state index contributed by atoms with van der Waals surface area (Å²) in [6.45, 7) is 2.17. The molecule has 1 aliphatic rings. The van der Waals surface area contributed by atoms with Crippen LogP contribution in [0.15, 0.2) is 34.9 Å². The molecule has 136 valence electrons. The van der Waals surface area contributed by atoms with Crippen LogP contribution in [0.25, 0.3) is 11.3 Å². The van der Waals surface area contributed by atoms with Crippen LogP contribution in [0.2, 0.25) is 0 Å². The van der Waals surface area contributed by atoms with E-state index in [9.17, 15) is 18.3 Å². The average molecular weight is 358 g/mol. The summed E-state index contributed by atoms with van der Waals surface area (Å²) in [4.78, 5) is 1.93. The number of aliphatic hydroxyl groups excluding tert-OH is 1. The molecular formula is C16H17F3N2O4. The predicted octanol–water partition coefficient (Wildman–Crippen LogP) is 2.43. The van der Waals surface area contributed by atoms with Crippen molar-refractivity contribution in [2.45, 2.75) is 19.0 Å². The molecule has 1 aromatic carbocycles. The molecule has 0 radical (unpaired) electrons. The lowest BCUT2D eigenvalue weighted by atomic mass is 10.1. The van der Waals surface area contributed by atoms with Crippen molar-refractivity contribution in [3.63, 3.8) is 0 Å². The van der Waals surface area contributed by atoms with Crippen LogP contribution < -0.4 is 4.74 Å². The summed E-state index contributed by atoms with van der Waals surface area (Å²) >= 11 is 0. The number of aliphatic hydroxyl groups is 1. The van der Waals surface area contributed by atoms with Gasteiger partial charge in [-0.1, -0.05) is 17.3 Å². The zero-order valence-electron chi connectivity index (χ0n) is 13.2. The lowest BCUT2D eigenvalue weighted by Crippen LogP contribution is -2.32. The fraction of sp³-hybridized carbons (Fsp3) is 0.438. The summed E-state index contributed by atoms with van der Waals surface area (Å²) in [6, 6.07) is 7.31. The maximum absolute atomic E-state index is 12.5. The van der Waals surface area contributed by atoms with Gasteiger partial charge in [-0.3, -0.25) is 4.90 Å². The van der Waals surface area contributed by atoms with E-state index in [2.05, 4.69) is 9.89 Å². The van der Waals surface area contributed by atoms with E-state index in [1.54, 1.807) is 12.1 Å². The number of halogens is 3. The van der Waals surface area contributed by atoms with Crippen LogP contribution >= 0.6 is 0 Å². The van der Waals surface area contributed by atoms with Gasteiger partial charge in [-0.15, -0.1) is 13.2 Å². The Morgan fingerprint density at radius 1 is 1.32 bits per heavy atom. The summed E-state index contributed by atoms with van der Waals surface area (Å²) in [5.74, 6) is 0.138. The second-order valence-corrected chi connectivity index (χ2v) is 5.69. The Balaban J connectivity index is 1.75. The number of β-amino-alcohol motifs (C(OH)–C–C–N with tert-alkyl or cyclic N) is 1. The summed E-state index contributed by atoms with van der Waals surface area (Å²) in [5, 5.41) is 13.6. The molecule has 0 unspecified atom stereocenters. The number of rotatable bonds is 4. The number of hydrogen-bond donors (Lipinski definition) is 1. The van der Waals surface area contributed by atoms with E-state index >= 15 is 0 Å². The van der Waals surface area contributed by atoms with Crippen LogP contribution in [0.4, 0.5) is 13.2 Å². The molecule has 3 rings (SSSR count). The van der Waals surface area contributed by atoms with E-state index in [0.717, 1.165) is 0 Å². The highest BCUT2D eigenvalue weighted by Gasteiger charge is 2.32. The van der Waals surface area contributed by atoms with Gasteiger partial charge in [0, 0.05) is 24.7 Å². The molecule has 25 heavy (non-hydrogen) atoms. The van der Waals surface area contributed by atoms with Gasteiger partial charge in [-0.05, 0) is 12.1 Å². The molecule has 1 aliphatic heterocycles. The van der Waals surface area contributed by atoms with Crippen molar-refractivity contribution in [2.75, 3.05) is 26.3 Å². The van der Waals surface area contributed by atoms with Crippen molar-refractivity contribution >= 4 is 0 Å². The van der Waals surface area contributed by atoms with Gasteiger partial charge in [0.25, 0.3) is 0 Å². The largest absolute Gasteiger partial charge is 0.573 e. The summed E-state index contributed by atoms with van der Waals surface area (Å²) in [6.07, 6.45) is -5.38. The lowest BCUT2D eigenvalue weighted by molar-refractivity contribution is -0.274. The Hall–Kier alpha value is -2.10. The average Bonchev–Trinajstić information content (AvgIpc) is 2.88. The van der Waals surface area contributed by atoms with E-state index in [1.807, 2.05) is 4.90 Å². The minimum Gasteiger partial charge on any atom is -0.405 e. The molecule has 2 aromatic rings. The van der Waals surface area contributed by atoms with Gasteiger partial charge in [0.1, 0.15) is 11.4 Å². The van der Waals surface area contributed by atoms with Gasteiger partial charge in [-0.2, -0.15) is 0 Å². The second-order valence-electron chi connectivity index (χ2n) is 5.69. The van der Waals surface area contributed by atoms with E-state index < -0.39 is 12.5 Å². The van der Waals surface area contributed by atoms with Gasteiger partial charge in [0.05, 0.1) is 25.9 Å². The van der Waals surface area contributed by atoms with Crippen LogP contribution in [0, 0.1) is 0 Å². The van der Waals surface area contributed by atoms with Crippen LogP contribution in [-0.2, 0) is 11.3 Å². The van der Waals surface area contributed by atoms with Crippen molar-refractivity contribution < 1.29 is 32.3 Å². The molecule has 9 heteroatoms. The maximum atomic E-state index is 12.5. The third kappa shape index (κ3) is 4.94. The molecule has 6 nitrogen and oxygen atoms in total. The smallest absolute Gasteiger partial charge is 0.405 e. The van der Waals surface area contributed by atoms with E-state index in [1.165, 1.54) is 18.2 Å². The fourth-order valence-electron chi connectivity index (χ4n) is 2.63.